The molecule has 0 aliphatic carbocycles. The van der Waals surface area contributed by atoms with Crippen LogP contribution in [0.25, 0.3) is 0 Å². The fourth-order valence-electron chi connectivity index (χ4n) is 0.986. The van der Waals surface area contributed by atoms with Crippen LogP contribution in [-0.2, 0) is 11.2 Å². The molecule has 0 aromatic heterocycles. The molecule has 0 unspecified atom stereocenters. The highest BCUT2D eigenvalue weighted by molar-refractivity contribution is 6.31. The van der Waals surface area contributed by atoms with E-state index >= 15 is 0 Å². The van der Waals surface area contributed by atoms with E-state index < -0.39 is 5.82 Å². The van der Waals surface area contributed by atoms with Crippen LogP contribution in [0.2, 0.25) is 5.02 Å². The van der Waals surface area contributed by atoms with Crippen molar-refractivity contribution in [3.63, 3.8) is 0 Å². The second kappa shape index (κ2) is 4.42. The number of rotatable bonds is 2. The molecule has 14 heavy (non-hydrogen) atoms. The van der Waals surface area contributed by atoms with E-state index in [1.807, 2.05) is 0 Å². The summed E-state index contributed by atoms with van der Waals surface area (Å²) in [6.45, 7) is 0. The van der Waals surface area contributed by atoms with Crippen molar-refractivity contribution in [2.75, 3.05) is 14.1 Å². The zero-order valence-electron chi connectivity index (χ0n) is 8.05. The maximum atomic E-state index is 12.7. The van der Waals surface area contributed by atoms with Crippen LogP contribution < -0.4 is 0 Å². The van der Waals surface area contributed by atoms with Crippen molar-refractivity contribution in [1.29, 1.82) is 0 Å². The molecule has 0 saturated heterocycles. The molecule has 0 aliphatic rings. The van der Waals surface area contributed by atoms with E-state index in [1.165, 1.54) is 23.1 Å². The lowest BCUT2D eigenvalue weighted by Crippen LogP contribution is -2.23. The second-order valence-electron chi connectivity index (χ2n) is 3.20. The van der Waals surface area contributed by atoms with Crippen molar-refractivity contribution >= 4 is 17.5 Å². The Balaban J connectivity index is 2.82. The lowest BCUT2D eigenvalue weighted by molar-refractivity contribution is -0.127. The van der Waals surface area contributed by atoms with E-state index in [2.05, 4.69) is 0 Å². The molecule has 1 aromatic rings. The largest absolute Gasteiger partial charge is 0.349 e. The molecular weight excluding hydrogens is 205 g/mol. The van der Waals surface area contributed by atoms with Gasteiger partial charge in [0.1, 0.15) is 5.82 Å². The van der Waals surface area contributed by atoms with E-state index in [0.29, 0.717) is 10.6 Å². The zero-order chi connectivity index (χ0) is 10.7. The van der Waals surface area contributed by atoms with Crippen LogP contribution in [-0.4, -0.2) is 24.9 Å². The number of nitrogens with zero attached hydrogens (tertiary/aromatic N) is 1. The summed E-state index contributed by atoms with van der Waals surface area (Å²) >= 11 is 5.77. The van der Waals surface area contributed by atoms with Gasteiger partial charge in [0.2, 0.25) is 5.91 Å². The average Bonchev–Trinajstić information content (AvgIpc) is 2.09. The minimum atomic E-state index is -0.393. The number of likely N-dealkylation sites (N-methyl/N-ethyl adjacent to an activating group) is 1. The summed E-state index contributed by atoms with van der Waals surface area (Å²) in [5.74, 6) is -0.449. The highest BCUT2D eigenvalue weighted by atomic mass is 35.5. The first-order valence-electron chi connectivity index (χ1n) is 4.15. The van der Waals surface area contributed by atoms with E-state index in [9.17, 15) is 9.18 Å². The van der Waals surface area contributed by atoms with Crippen molar-refractivity contribution in [1.82, 2.24) is 4.90 Å². The summed E-state index contributed by atoms with van der Waals surface area (Å²) in [5, 5.41) is 0.292. The first kappa shape index (κ1) is 11.0. The molecule has 0 bridgehead atoms. The Bertz CT molecular complexity index is 352. The van der Waals surface area contributed by atoms with Gasteiger partial charge in [-0.15, -0.1) is 0 Å². The van der Waals surface area contributed by atoms with Crippen molar-refractivity contribution in [3.05, 3.63) is 34.6 Å². The molecule has 1 amide bonds. The molecule has 76 valence electrons. The molecule has 0 N–H and O–H groups in total. The number of carbonyl (C=O) groups is 1. The molecule has 0 fully saturated rings. The van der Waals surface area contributed by atoms with E-state index in [1.54, 1.807) is 14.1 Å². The van der Waals surface area contributed by atoms with Crippen molar-refractivity contribution in [2.24, 2.45) is 0 Å². The predicted molar refractivity (Wildman–Crippen MR) is 53.8 cm³/mol. The van der Waals surface area contributed by atoms with Gasteiger partial charge >= 0.3 is 0 Å². The topological polar surface area (TPSA) is 20.3 Å². The second-order valence-corrected chi connectivity index (χ2v) is 3.61. The van der Waals surface area contributed by atoms with Gasteiger partial charge in [0.25, 0.3) is 0 Å². The molecule has 1 rings (SSSR count). The maximum Gasteiger partial charge on any atom is 0.226 e. The fraction of sp³-hybridized carbons (Fsp3) is 0.300. The van der Waals surface area contributed by atoms with Gasteiger partial charge in [-0.05, 0) is 17.7 Å². The van der Waals surface area contributed by atoms with Gasteiger partial charge in [-0.3, -0.25) is 4.79 Å². The molecule has 0 aliphatic heterocycles. The van der Waals surface area contributed by atoms with Gasteiger partial charge in [-0.2, -0.15) is 0 Å². The molecule has 0 saturated carbocycles. The lowest BCUT2D eigenvalue weighted by atomic mass is 10.1. The van der Waals surface area contributed by atoms with Crippen molar-refractivity contribution in [2.45, 2.75) is 6.42 Å². The van der Waals surface area contributed by atoms with Crippen LogP contribution in [0.4, 0.5) is 4.39 Å². The third-order valence-electron chi connectivity index (χ3n) is 1.86. The van der Waals surface area contributed by atoms with Gasteiger partial charge in [0.15, 0.2) is 0 Å². The Kier molecular flexibility index (Phi) is 3.47. The smallest absolute Gasteiger partial charge is 0.226 e. The van der Waals surface area contributed by atoms with Crippen LogP contribution in [0, 0.1) is 5.82 Å². The standard InChI is InChI=1S/C10H11ClFNO/c1-13(2)10(14)5-7-3-4-8(12)6-9(7)11/h3-4,6H,5H2,1-2H3. The summed E-state index contributed by atoms with van der Waals surface area (Å²) in [7, 11) is 3.33. The summed E-state index contributed by atoms with van der Waals surface area (Å²) in [5.41, 5.74) is 0.645. The predicted octanol–water partition coefficient (Wildman–Crippen LogP) is 2.11. The quantitative estimate of drug-likeness (QED) is 0.740. The van der Waals surface area contributed by atoms with E-state index in [4.69, 9.17) is 11.6 Å². The molecule has 0 spiro atoms. The highest BCUT2D eigenvalue weighted by Gasteiger charge is 2.09. The maximum absolute atomic E-state index is 12.7. The normalized spacial score (nSPS) is 10.0. The summed E-state index contributed by atoms with van der Waals surface area (Å²) in [6, 6.07) is 4.03. The first-order valence-corrected chi connectivity index (χ1v) is 4.52. The van der Waals surface area contributed by atoms with Gasteiger partial charge in [-0.25, -0.2) is 4.39 Å². The summed E-state index contributed by atoms with van der Waals surface area (Å²) < 4.78 is 12.7. The Labute approximate surface area is 87.3 Å². The number of amides is 1. The Morgan fingerprint density at radius 1 is 1.50 bits per heavy atom. The molecular formula is C10H11ClFNO. The van der Waals surface area contributed by atoms with Crippen molar-refractivity contribution < 1.29 is 9.18 Å². The number of hydrogen-bond acceptors (Lipinski definition) is 1. The highest BCUT2D eigenvalue weighted by Crippen LogP contribution is 2.17. The van der Waals surface area contributed by atoms with Crippen molar-refractivity contribution in [3.8, 4) is 0 Å². The van der Waals surface area contributed by atoms with Crippen LogP contribution in [0.1, 0.15) is 5.56 Å². The number of carbonyl (C=O) groups excluding carboxylic acids is 1. The number of benzene rings is 1. The minimum absolute atomic E-state index is 0.0569. The van der Waals surface area contributed by atoms with Gasteiger partial charge in [-0.1, -0.05) is 17.7 Å². The number of hydrogen-bond donors (Lipinski definition) is 0. The first-order chi connectivity index (χ1) is 6.50. The van der Waals surface area contributed by atoms with Crippen LogP contribution in [0.5, 0.6) is 0 Å². The Morgan fingerprint density at radius 2 is 2.14 bits per heavy atom. The minimum Gasteiger partial charge on any atom is -0.349 e. The summed E-state index contributed by atoms with van der Waals surface area (Å²) in [6.07, 6.45) is 0.201. The molecule has 0 heterocycles. The van der Waals surface area contributed by atoms with Crippen LogP contribution in [0.15, 0.2) is 18.2 Å². The van der Waals surface area contributed by atoms with Crippen LogP contribution in [0.3, 0.4) is 0 Å². The van der Waals surface area contributed by atoms with Gasteiger partial charge < -0.3 is 4.90 Å². The average molecular weight is 216 g/mol. The molecule has 4 heteroatoms. The SMILES string of the molecule is CN(C)C(=O)Cc1ccc(F)cc1Cl. The lowest BCUT2D eigenvalue weighted by Gasteiger charge is -2.10. The van der Waals surface area contributed by atoms with E-state index in [-0.39, 0.29) is 12.3 Å². The Morgan fingerprint density at radius 3 is 2.64 bits per heavy atom. The van der Waals surface area contributed by atoms with Gasteiger partial charge in [0, 0.05) is 19.1 Å². The molecule has 2 nitrogen and oxygen atoms in total. The molecule has 0 radical (unpaired) electrons. The number of halogens is 2. The summed E-state index contributed by atoms with van der Waals surface area (Å²) in [4.78, 5) is 12.8. The van der Waals surface area contributed by atoms with Gasteiger partial charge in [0.05, 0.1) is 6.42 Å². The monoisotopic (exact) mass is 215 g/mol. The van der Waals surface area contributed by atoms with Crippen LogP contribution >= 0.6 is 11.6 Å². The third-order valence-corrected chi connectivity index (χ3v) is 2.21. The molecule has 1 aromatic carbocycles. The Hall–Kier alpha value is -1.09. The third kappa shape index (κ3) is 2.70. The van der Waals surface area contributed by atoms with E-state index in [0.717, 1.165) is 0 Å². The molecule has 0 atom stereocenters. The zero-order valence-corrected chi connectivity index (χ0v) is 8.81. The fourth-order valence-corrected chi connectivity index (χ4v) is 1.22.